The molecule has 4 amide bonds. The highest BCUT2D eigenvalue weighted by Gasteiger charge is 2.50. The van der Waals surface area contributed by atoms with Gasteiger partial charge in [-0.2, -0.15) is 0 Å². The first-order valence-electron chi connectivity index (χ1n) is 11.5. The normalized spacial score (nSPS) is 25.3. The molecule has 1 N–H and O–H groups in total. The molecule has 34 heavy (non-hydrogen) atoms. The molecular formula is C25H27N3O5S. The molecule has 0 saturated carbocycles. The highest BCUT2D eigenvalue weighted by atomic mass is 32.2. The second-order valence-corrected chi connectivity index (χ2v) is 11.7. The Morgan fingerprint density at radius 1 is 1.12 bits per heavy atom. The van der Waals surface area contributed by atoms with Crippen LogP contribution in [0.15, 0.2) is 48.5 Å². The number of urea groups is 1. The Labute approximate surface area is 198 Å². The summed E-state index contributed by atoms with van der Waals surface area (Å²) in [6, 6.07) is 13.5. The molecule has 1 aliphatic carbocycles. The fraction of sp³-hybridized carbons (Fsp3) is 0.400. The zero-order valence-electron chi connectivity index (χ0n) is 19.0. The molecule has 2 fully saturated rings. The van der Waals surface area contributed by atoms with Crippen molar-refractivity contribution in [2.45, 2.75) is 44.2 Å². The zero-order chi connectivity index (χ0) is 24.1. The molecule has 2 aromatic carbocycles. The van der Waals surface area contributed by atoms with Crippen LogP contribution in [0.2, 0.25) is 0 Å². The van der Waals surface area contributed by atoms with Gasteiger partial charge in [-0.1, -0.05) is 36.4 Å². The smallest absolute Gasteiger partial charge is 0.319 e. The Hall–Kier alpha value is -3.20. The van der Waals surface area contributed by atoms with E-state index < -0.39 is 45.8 Å². The first kappa shape index (κ1) is 22.6. The van der Waals surface area contributed by atoms with Gasteiger partial charge in [0.05, 0.1) is 17.5 Å². The minimum atomic E-state index is -3.24. The van der Waals surface area contributed by atoms with Crippen molar-refractivity contribution in [1.82, 2.24) is 10.2 Å². The average Bonchev–Trinajstić information content (AvgIpc) is 3.47. The number of amides is 4. The molecule has 0 bridgehead atoms. The molecule has 8 nitrogen and oxygen atoms in total. The molecule has 2 atom stereocenters. The van der Waals surface area contributed by atoms with Crippen molar-refractivity contribution < 1.29 is 22.8 Å². The number of nitrogens with zero attached hydrogens (tertiary/aromatic N) is 2. The van der Waals surface area contributed by atoms with Crippen LogP contribution in [0.1, 0.15) is 36.5 Å². The van der Waals surface area contributed by atoms with Crippen LogP contribution in [0, 0.1) is 0 Å². The summed E-state index contributed by atoms with van der Waals surface area (Å²) in [5.41, 5.74) is 2.43. The third-order valence-corrected chi connectivity index (χ3v) is 8.87. The number of para-hydroxylation sites is 1. The lowest BCUT2D eigenvalue weighted by Gasteiger charge is -2.30. The van der Waals surface area contributed by atoms with Gasteiger partial charge in [-0.3, -0.25) is 14.5 Å². The number of rotatable bonds is 5. The zero-order valence-corrected chi connectivity index (χ0v) is 19.8. The van der Waals surface area contributed by atoms with Crippen molar-refractivity contribution in [3.63, 3.8) is 0 Å². The Balaban J connectivity index is 1.41. The number of nitrogens with one attached hydrogen (secondary N) is 1. The topological polar surface area (TPSA) is 104 Å². The van der Waals surface area contributed by atoms with Gasteiger partial charge in [-0.05, 0) is 61.4 Å². The van der Waals surface area contributed by atoms with E-state index in [1.807, 2.05) is 18.2 Å². The third-order valence-electron chi connectivity index (χ3n) is 7.12. The number of imide groups is 1. The summed E-state index contributed by atoms with van der Waals surface area (Å²) in [6.07, 6.45) is 3.35. The lowest BCUT2D eigenvalue weighted by molar-refractivity contribution is -0.134. The van der Waals surface area contributed by atoms with Crippen molar-refractivity contribution in [3.8, 4) is 0 Å². The van der Waals surface area contributed by atoms with E-state index in [1.165, 1.54) is 16.0 Å². The predicted octanol–water partition coefficient (Wildman–Crippen LogP) is 2.16. The largest absolute Gasteiger partial charge is 0.325 e. The van der Waals surface area contributed by atoms with E-state index in [0.717, 1.165) is 24.2 Å². The van der Waals surface area contributed by atoms with Gasteiger partial charge in [-0.25, -0.2) is 13.2 Å². The van der Waals surface area contributed by atoms with E-state index in [4.69, 9.17) is 0 Å². The van der Waals surface area contributed by atoms with E-state index >= 15 is 0 Å². The van der Waals surface area contributed by atoms with Crippen LogP contribution in [0.5, 0.6) is 0 Å². The van der Waals surface area contributed by atoms with Crippen LogP contribution < -0.4 is 10.2 Å². The molecule has 9 heteroatoms. The van der Waals surface area contributed by atoms with Gasteiger partial charge in [0, 0.05) is 5.69 Å². The predicted molar refractivity (Wildman–Crippen MR) is 127 cm³/mol. The second kappa shape index (κ2) is 8.23. The molecule has 0 spiro atoms. The van der Waals surface area contributed by atoms with E-state index in [0.29, 0.717) is 17.7 Å². The van der Waals surface area contributed by atoms with Gasteiger partial charge in [0.15, 0.2) is 9.84 Å². The highest BCUT2D eigenvalue weighted by molar-refractivity contribution is 7.91. The van der Waals surface area contributed by atoms with Crippen LogP contribution in [-0.2, 0) is 37.8 Å². The molecule has 2 aromatic rings. The molecule has 178 valence electrons. The highest BCUT2D eigenvalue weighted by Crippen LogP contribution is 2.33. The number of hydrogen-bond acceptors (Lipinski definition) is 5. The number of benzene rings is 2. The van der Waals surface area contributed by atoms with E-state index in [-0.39, 0.29) is 11.5 Å². The number of anilines is 1. The average molecular weight is 482 g/mol. The Kier molecular flexibility index (Phi) is 5.47. The molecule has 2 aliphatic heterocycles. The fourth-order valence-electron chi connectivity index (χ4n) is 5.26. The van der Waals surface area contributed by atoms with Gasteiger partial charge in [0.25, 0.3) is 5.91 Å². The Bertz CT molecular complexity index is 1280. The van der Waals surface area contributed by atoms with Crippen molar-refractivity contribution in [1.29, 1.82) is 0 Å². The molecule has 2 saturated heterocycles. The number of fused-ring (bicyclic) bond motifs is 1. The molecule has 0 unspecified atom stereocenters. The van der Waals surface area contributed by atoms with Crippen LogP contribution in [0.3, 0.4) is 0 Å². The van der Waals surface area contributed by atoms with E-state index in [1.54, 1.807) is 37.3 Å². The third kappa shape index (κ3) is 3.87. The molecular weight excluding hydrogens is 454 g/mol. The lowest BCUT2D eigenvalue weighted by Crippen LogP contribution is -2.48. The van der Waals surface area contributed by atoms with Gasteiger partial charge >= 0.3 is 6.03 Å². The van der Waals surface area contributed by atoms with Crippen LogP contribution in [0.25, 0.3) is 0 Å². The standard InChI is InChI=1S/C25H27N3O5S/c1-25(19-11-10-17-6-5-7-18(17)14-19)23(30)27(24(31)26-25)15-22(29)28(20-8-3-2-4-9-20)21-12-13-34(32,33)16-21/h2-4,8-11,14,21H,5-7,12-13,15-16H2,1H3,(H,26,31)/t21-,25+/m0/s1. The number of aryl methyl sites for hydroxylation is 2. The number of carbonyl (C=O) groups is 3. The fourth-order valence-corrected chi connectivity index (χ4v) is 6.96. The molecule has 0 aromatic heterocycles. The van der Waals surface area contributed by atoms with Crippen molar-refractivity contribution in [2.75, 3.05) is 23.0 Å². The molecule has 0 radical (unpaired) electrons. The minimum absolute atomic E-state index is 0.00775. The van der Waals surface area contributed by atoms with Gasteiger partial charge in [-0.15, -0.1) is 0 Å². The quantitative estimate of drug-likeness (QED) is 0.659. The summed E-state index contributed by atoms with van der Waals surface area (Å²) in [5.74, 6) is -1.11. The summed E-state index contributed by atoms with van der Waals surface area (Å²) in [5, 5.41) is 2.78. The maximum atomic E-state index is 13.4. The maximum absolute atomic E-state index is 13.4. The van der Waals surface area contributed by atoms with Gasteiger partial charge < -0.3 is 10.2 Å². The summed E-state index contributed by atoms with van der Waals surface area (Å²) >= 11 is 0. The molecule has 5 rings (SSSR count). The summed E-state index contributed by atoms with van der Waals surface area (Å²) < 4.78 is 24.2. The number of hydrogen-bond donors (Lipinski definition) is 1. The van der Waals surface area contributed by atoms with Gasteiger partial charge in [0.2, 0.25) is 5.91 Å². The number of sulfone groups is 1. The molecule has 3 aliphatic rings. The first-order chi connectivity index (χ1) is 16.2. The SMILES string of the molecule is C[C@]1(c2ccc3c(c2)CCC3)NC(=O)N(CC(=O)N(c2ccccc2)[C@H]2CCS(=O)(=O)C2)C1=O. The Morgan fingerprint density at radius 2 is 1.85 bits per heavy atom. The van der Waals surface area contributed by atoms with Crippen molar-refractivity contribution in [3.05, 3.63) is 65.2 Å². The van der Waals surface area contributed by atoms with Crippen molar-refractivity contribution >= 4 is 33.4 Å². The van der Waals surface area contributed by atoms with E-state index in [9.17, 15) is 22.8 Å². The minimum Gasteiger partial charge on any atom is -0.319 e. The maximum Gasteiger partial charge on any atom is 0.325 e. The monoisotopic (exact) mass is 481 g/mol. The summed E-state index contributed by atoms with van der Waals surface area (Å²) in [4.78, 5) is 42.1. The Morgan fingerprint density at radius 3 is 2.56 bits per heavy atom. The van der Waals surface area contributed by atoms with Crippen LogP contribution in [0.4, 0.5) is 10.5 Å². The lowest BCUT2D eigenvalue weighted by atomic mass is 9.89. The van der Waals surface area contributed by atoms with Crippen LogP contribution >= 0.6 is 0 Å². The second-order valence-electron chi connectivity index (χ2n) is 9.44. The number of carbonyl (C=O) groups excluding carboxylic acids is 3. The van der Waals surface area contributed by atoms with Crippen LogP contribution in [-0.4, -0.2) is 55.3 Å². The van der Waals surface area contributed by atoms with E-state index in [2.05, 4.69) is 5.32 Å². The summed E-state index contributed by atoms with van der Waals surface area (Å²) in [6.45, 7) is 1.20. The molecule has 2 heterocycles. The van der Waals surface area contributed by atoms with Gasteiger partial charge in [0.1, 0.15) is 12.1 Å². The van der Waals surface area contributed by atoms with Crippen molar-refractivity contribution in [2.24, 2.45) is 0 Å². The summed E-state index contributed by atoms with van der Waals surface area (Å²) in [7, 11) is -3.24. The first-order valence-corrected chi connectivity index (χ1v) is 13.3.